The molecule has 0 atom stereocenters. The minimum Gasteiger partial charge on any atom is -0.396 e. The van der Waals surface area contributed by atoms with Crippen LogP contribution in [0, 0.1) is 6.92 Å². The van der Waals surface area contributed by atoms with Gasteiger partial charge in [0.1, 0.15) is 0 Å². The molecule has 1 aromatic rings. The van der Waals surface area contributed by atoms with Crippen LogP contribution in [0.25, 0.3) is 0 Å². The maximum Gasteiger partial charge on any atom is 0.240 e. The van der Waals surface area contributed by atoms with Gasteiger partial charge in [-0.15, -0.1) is 0 Å². The van der Waals surface area contributed by atoms with Crippen molar-refractivity contribution in [2.75, 3.05) is 13.2 Å². The minimum absolute atomic E-state index is 0.157. The number of aliphatic hydroxyl groups is 1. The second-order valence-corrected chi connectivity index (χ2v) is 5.77. The number of aliphatic hydroxyl groups excluding tert-OH is 1. The second kappa shape index (κ2) is 6.74. The summed E-state index contributed by atoms with van der Waals surface area (Å²) in [6.07, 6.45) is 2.28. The van der Waals surface area contributed by atoms with Crippen LogP contribution in [-0.2, 0) is 10.0 Å². The quantitative estimate of drug-likeness (QED) is 0.726. The second-order valence-electron chi connectivity index (χ2n) is 4.00. The number of nitrogens with one attached hydrogen (secondary N) is 1. The summed E-state index contributed by atoms with van der Waals surface area (Å²) >= 11 is 0. The van der Waals surface area contributed by atoms with E-state index in [2.05, 4.69) is 4.72 Å². The molecule has 0 unspecified atom stereocenters. The van der Waals surface area contributed by atoms with Gasteiger partial charge in [-0.3, -0.25) is 0 Å². The van der Waals surface area contributed by atoms with Crippen molar-refractivity contribution in [2.24, 2.45) is 0 Å². The minimum atomic E-state index is -3.38. The van der Waals surface area contributed by atoms with Crippen molar-refractivity contribution in [1.82, 2.24) is 4.72 Å². The molecule has 0 fully saturated rings. The fourth-order valence-corrected chi connectivity index (χ4v) is 2.66. The van der Waals surface area contributed by atoms with Gasteiger partial charge in [-0.2, -0.15) is 0 Å². The van der Waals surface area contributed by atoms with Crippen LogP contribution in [0.2, 0.25) is 0 Å². The Morgan fingerprint density at radius 1 is 1.24 bits per heavy atom. The zero-order valence-corrected chi connectivity index (χ0v) is 10.8. The van der Waals surface area contributed by atoms with E-state index in [9.17, 15) is 8.42 Å². The molecule has 96 valence electrons. The Labute approximate surface area is 103 Å². The van der Waals surface area contributed by atoms with Crippen LogP contribution in [0.4, 0.5) is 0 Å². The summed E-state index contributed by atoms with van der Waals surface area (Å²) in [5.41, 5.74) is 0.924. The van der Waals surface area contributed by atoms with Gasteiger partial charge in [-0.05, 0) is 43.9 Å². The largest absolute Gasteiger partial charge is 0.396 e. The molecule has 0 saturated carbocycles. The molecule has 0 aromatic heterocycles. The number of rotatable bonds is 7. The highest BCUT2D eigenvalue weighted by atomic mass is 32.2. The summed E-state index contributed by atoms with van der Waals surface area (Å²) in [7, 11) is -3.38. The highest BCUT2D eigenvalue weighted by Crippen LogP contribution is 2.10. The third-order valence-corrected chi connectivity index (χ3v) is 3.89. The predicted octanol–water partition coefficient (Wildman–Crippen LogP) is 1.44. The molecule has 0 aliphatic carbocycles. The molecule has 0 amide bonds. The molecule has 1 rings (SSSR count). The van der Waals surface area contributed by atoms with Crippen LogP contribution in [0.3, 0.4) is 0 Å². The highest BCUT2D eigenvalue weighted by molar-refractivity contribution is 7.89. The van der Waals surface area contributed by atoms with Gasteiger partial charge in [0.25, 0.3) is 0 Å². The number of hydrogen-bond acceptors (Lipinski definition) is 3. The summed E-state index contributed by atoms with van der Waals surface area (Å²) < 4.78 is 26.3. The van der Waals surface area contributed by atoms with E-state index in [1.54, 1.807) is 18.2 Å². The standard InChI is InChI=1S/C12H19NO3S/c1-11-6-5-7-12(10-11)17(15,16)13-8-3-2-4-9-14/h5-7,10,13-14H,2-4,8-9H2,1H3. The van der Waals surface area contributed by atoms with Gasteiger partial charge in [0.15, 0.2) is 0 Å². The molecule has 0 saturated heterocycles. The zero-order chi connectivity index (χ0) is 12.7. The Balaban J connectivity index is 2.51. The van der Waals surface area contributed by atoms with Crippen molar-refractivity contribution < 1.29 is 13.5 Å². The Morgan fingerprint density at radius 2 is 2.00 bits per heavy atom. The number of unbranched alkanes of at least 4 members (excludes halogenated alkanes) is 2. The van der Waals surface area contributed by atoms with Crippen molar-refractivity contribution in [2.45, 2.75) is 31.1 Å². The number of hydrogen-bond donors (Lipinski definition) is 2. The molecular weight excluding hydrogens is 238 g/mol. The average Bonchev–Trinajstić information content (AvgIpc) is 2.29. The molecule has 4 nitrogen and oxygen atoms in total. The van der Waals surface area contributed by atoms with Gasteiger partial charge in [0.05, 0.1) is 4.90 Å². The molecule has 0 aliphatic heterocycles. The monoisotopic (exact) mass is 257 g/mol. The van der Waals surface area contributed by atoms with Crippen molar-refractivity contribution in [3.8, 4) is 0 Å². The summed E-state index contributed by atoms with van der Waals surface area (Å²) in [6, 6.07) is 6.83. The third-order valence-electron chi connectivity index (χ3n) is 2.43. The molecule has 0 heterocycles. The maximum atomic E-state index is 11.9. The summed E-state index contributed by atoms with van der Waals surface area (Å²) in [4.78, 5) is 0.305. The van der Waals surface area contributed by atoms with Crippen molar-refractivity contribution in [3.63, 3.8) is 0 Å². The topological polar surface area (TPSA) is 66.4 Å². The van der Waals surface area contributed by atoms with Gasteiger partial charge in [0.2, 0.25) is 10.0 Å². The lowest BCUT2D eigenvalue weighted by Gasteiger charge is -2.07. The molecule has 0 bridgehead atoms. The molecule has 0 spiro atoms. The summed E-state index contributed by atoms with van der Waals surface area (Å²) in [5, 5.41) is 8.60. The Bertz CT molecular complexity index is 443. The first-order chi connectivity index (χ1) is 8.06. The third kappa shape index (κ3) is 4.85. The lowest BCUT2D eigenvalue weighted by atomic mass is 10.2. The lowest BCUT2D eigenvalue weighted by Crippen LogP contribution is -2.24. The van der Waals surface area contributed by atoms with Gasteiger partial charge in [-0.25, -0.2) is 13.1 Å². The van der Waals surface area contributed by atoms with Gasteiger partial charge in [-0.1, -0.05) is 12.1 Å². The lowest BCUT2D eigenvalue weighted by molar-refractivity contribution is 0.283. The average molecular weight is 257 g/mol. The van der Waals surface area contributed by atoms with E-state index in [1.807, 2.05) is 13.0 Å². The maximum absolute atomic E-state index is 11.9. The Kier molecular flexibility index (Phi) is 5.61. The van der Waals surface area contributed by atoms with E-state index >= 15 is 0 Å². The highest BCUT2D eigenvalue weighted by Gasteiger charge is 2.12. The molecule has 17 heavy (non-hydrogen) atoms. The molecule has 1 aromatic carbocycles. The van der Waals surface area contributed by atoms with Gasteiger partial charge in [0, 0.05) is 13.2 Å². The fourth-order valence-electron chi connectivity index (χ4n) is 1.49. The Morgan fingerprint density at radius 3 is 2.65 bits per heavy atom. The SMILES string of the molecule is Cc1cccc(S(=O)(=O)NCCCCCO)c1. The van der Waals surface area contributed by atoms with Crippen molar-refractivity contribution in [3.05, 3.63) is 29.8 Å². The van der Waals surface area contributed by atoms with Crippen LogP contribution < -0.4 is 4.72 Å². The van der Waals surface area contributed by atoms with E-state index in [-0.39, 0.29) is 6.61 Å². The smallest absolute Gasteiger partial charge is 0.240 e. The summed E-state index contributed by atoms with van der Waals surface area (Å²) in [5.74, 6) is 0. The van der Waals surface area contributed by atoms with E-state index in [4.69, 9.17) is 5.11 Å². The molecular formula is C12H19NO3S. The van der Waals surface area contributed by atoms with E-state index < -0.39 is 10.0 Å². The molecule has 5 heteroatoms. The van der Waals surface area contributed by atoms with Crippen LogP contribution in [0.1, 0.15) is 24.8 Å². The fraction of sp³-hybridized carbons (Fsp3) is 0.500. The molecule has 0 radical (unpaired) electrons. The number of aryl methyl sites for hydroxylation is 1. The number of sulfonamides is 1. The first kappa shape index (κ1) is 14.2. The van der Waals surface area contributed by atoms with Crippen LogP contribution >= 0.6 is 0 Å². The number of benzene rings is 1. The first-order valence-electron chi connectivity index (χ1n) is 5.73. The summed E-state index contributed by atoms with van der Waals surface area (Å²) in [6.45, 7) is 2.43. The van der Waals surface area contributed by atoms with Crippen molar-refractivity contribution >= 4 is 10.0 Å². The molecule has 2 N–H and O–H groups in total. The normalized spacial score (nSPS) is 11.6. The van der Waals surface area contributed by atoms with Crippen LogP contribution in [-0.4, -0.2) is 26.7 Å². The van der Waals surface area contributed by atoms with Crippen LogP contribution in [0.5, 0.6) is 0 Å². The Hall–Kier alpha value is -0.910. The van der Waals surface area contributed by atoms with Gasteiger partial charge < -0.3 is 5.11 Å². The molecule has 0 aliphatic rings. The van der Waals surface area contributed by atoms with Crippen molar-refractivity contribution in [1.29, 1.82) is 0 Å². The van der Waals surface area contributed by atoms with E-state index in [0.29, 0.717) is 17.9 Å². The van der Waals surface area contributed by atoms with E-state index in [1.165, 1.54) is 0 Å². The van der Waals surface area contributed by atoms with Gasteiger partial charge >= 0.3 is 0 Å². The predicted molar refractivity (Wildman–Crippen MR) is 67.3 cm³/mol. The van der Waals surface area contributed by atoms with Crippen LogP contribution in [0.15, 0.2) is 29.2 Å². The zero-order valence-electron chi connectivity index (χ0n) is 10.0. The first-order valence-corrected chi connectivity index (χ1v) is 7.22. The van der Waals surface area contributed by atoms with E-state index in [0.717, 1.165) is 18.4 Å².